The number of aryl methyl sites for hydroxylation is 1. The zero-order valence-electron chi connectivity index (χ0n) is 17.3. The predicted molar refractivity (Wildman–Crippen MR) is 115 cm³/mol. The largest absolute Gasteiger partial charge is 0.422 e. The molecule has 5 nitrogen and oxygen atoms in total. The van der Waals surface area contributed by atoms with E-state index in [1.54, 1.807) is 60.6 Å². The minimum absolute atomic E-state index is 0.0464. The molecule has 2 aromatic carbocycles. The van der Waals surface area contributed by atoms with E-state index in [1.165, 1.54) is 0 Å². The average Bonchev–Trinajstić information content (AvgIpc) is 3.23. The van der Waals surface area contributed by atoms with E-state index in [0.29, 0.717) is 29.7 Å². The van der Waals surface area contributed by atoms with Crippen molar-refractivity contribution in [3.05, 3.63) is 82.1 Å². The Hall–Kier alpha value is -3.68. The molecule has 4 rings (SSSR count). The summed E-state index contributed by atoms with van der Waals surface area (Å²) in [5.41, 5.74) is 2.97. The molecule has 0 radical (unpaired) electrons. The molecule has 0 atom stereocenters. The van der Waals surface area contributed by atoms with Crippen LogP contribution in [-0.4, -0.2) is 30.2 Å². The van der Waals surface area contributed by atoms with Gasteiger partial charge in [0.05, 0.1) is 5.70 Å². The molecule has 0 bridgehead atoms. The number of allylic oxidation sites excluding steroid dienone is 1. The van der Waals surface area contributed by atoms with Gasteiger partial charge < -0.3 is 4.52 Å². The molecule has 1 aliphatic carbocycles. The summed E-state index contributed by atoms with van der Waals surface area (Å²) in [5.74, 6) is -0.294. The van der Waals surface area contributed by atoms with E-state index in [4.69, 9.17) is 4.52 Å². The molecular formula is C24H20F3N3O2. The van der Waals surface area contributed by atoms with Crippen molar-refractivity contribution in [2.24, 2.45) is 5.10 Å². The molecule has 1 aromatic heterocycles. The summed E-state index contributed by atoms with van der Waals surface area (Å²) in [4.78, 5) is 11.1. The van der Waals surface area contributed by atoms with Crippen LogP contribution in [0.25, 0.3) is 17.0 Å². The van der Waals surface area contributed by atoms with E-state index in [2.05, 4.69) is 17.0 Å². The second-order valence-corrected chi connectivity index (χ2v) is 7.53. The van der Waals surface area contributed by atoms with Crippen LogP contribution in [0.4, 0.5) is 13.2 Å². The van der Waals surface area contributed by atoms with Crippen molar-refractivity contribution in [3.8, 4) is 11.3 Å². The molecule has 164 valence electrons. The number of carbonyl (C=O) groups is 1. The first kappa shape index (κ1) is 21.5. The topological polar surface area (TPSA) is 58.7 Å². The fourth-order valence-electron chi connectivity index (χ4n) is 4.09. The van der Waals surface area contributed by atoms with Gasteiger partial charge in [-0.1, -0.05) is 47.6 Å². The normalized spacial score (nSPS) is 13.6. The molecule has 0 fully saturated rings. The highest BCUT2D eigenvalue weighted by Crippen LogP contribution is 2.42. The summed E-state index contributed by atoms with van der Waals surface area (Å²) in [6.45, 7) is 3.56. The van der Waals surface area contributed by atoms with Crippen molar-refractivity contribution >= 4 is 18.7 Å². The van der Waals surface area contributed by atoms with Gasteiger partial charge in [-0.05, 0) is 30.0 Å². The Labute approximate surface area is 182 Å². The van der Waals surface area contributed by atoms with E-state index in [1.807, 2.05) is 0 Å². The smallest absolute Gasteiger partial charge is 0.355 e. The quantitative estimate of drug-likeness (QED) is 0.284. The van der Waals surface area contributed by atoms with Crippen molar-refractivity contribution < 1.29 is 22.5 Å². The Morgan fingerprint density at radius 1 is 1.19 bits per heavy atom. The van der Waals surface area contributed by atoms with Crippen LogP contribution in [0.5, 0.6) is 0 Å². The number of hydrogen-bond donors (Lipinski definition) is 0. The van der Waals surface area contributed by atoms with Crippen LogP contribution in [0.15, 0.2) is 63.7 Å². The maximum absolute atomic E-state index is 14.0. The molecule has 32 heavy (non-hydrogen) atoms. The zero-order valence-corrected chi connectivity index (χ0v) is 17.3. The summed E-state index contributed by atoms with van der Waals surface area (Å²) in [6.07, 6.45) is -2.82. The van der Waals surface area contributed by atoms with E-state index in [-0.39, 0.29) is 17.9 Å². The van der Waals surface area contributed by atoms with Crippen molar-refractivity contribution in [2.45, 2.75) is 25.4 Å². The second-order valence-electron chi connectivity index (χ2n) is 7.53. The Balaban J connectivity index is 1.83. The summed E-state index contributed by atoms with van der Waals surface area (Å²) in [7, 11) is 1.69. The minimum atomic E-state index is -4.63. The summed E-state index contributed by atoms with van der Waals surface area (Å²) >= 11 is 0. The van der Waals surface area contributed by atoms with E-state index in [0.717, 1.165) is 23.0 Å². The number of carbonyl (C=O) groups excluding carboxylic acids is 1. The molecule has 3 aromatic rings. The van der Waals surface area contributed by atoms with Crippen LogP contribution < -0.4 is 0 Å². The Bertz CT molecular complexity index is 1200. The third-order valence-electron chi connectivity index (χ3n) is 5.55. The molecule has 0 spiro atoms. The van der Waals surface area contributed by atoms with Crippen LogP contribution in [0, 0.1) is 0 Å². The fourth-order valence-corrected chi connectivity index (χ4v) is 4.09. The molecule has 0 saturated carbocycles. The first-order valence-electron chi connectivity index (χ1n) is 9.95. The monoisotopic (exact) mass is 439 g/mol. The maximum atomic E-state index is 14.0. The molecule has 0 saturated heterocycles. The molecule has 0 amide bonds. The number of alkyl halides is 3. The summed E-state index contributed by atoms with van der Waals surface area (Å²) in [6, 6.07) is 13.4. The van der Waals surface area contributed by atoms with Gasteiger partial charge in [-0.15, -0.1) is 0 Å². The summed E-state index contributed by atoms with van der Waals surface area (Å²) in [5, 5.41) is 9.32. The molecule has 0 aliphatic heterocycles. The van der Waals surface area contributed by atoms with Gasteiger partial charge in [-0.3, -0.25) is 9.80 Å². The van der Waals surface area contributed by atoms with Gasteiger partial charge in [0.1, 0.15) is 17.5 Å². The lowest BCUT2D eigenvalue weighted by Crippen LogP contribution is -2.19. The number of nitrogens with zero attached hydrogens (tertiary/aromatic N) is 3. The molecule has 1 heterocycles. The van der Waals surface area contributed by atoms with Crippen molar-refractivity contribution in [2.75, 3.05) is 7.05 Å². The predicted octanol–water partition coefficient (Wildman–Crippen LogP) is 5.62. The molecule has 1 aliphatic rings. The number of hydrogen-bond acceptors (Lipinski definition) is 5. The zero-order chi connectivity index (χ0) is 22.9. The van der Waals surface area contributed by atoms with Gasteiger partial charge in [0, 0.05) is 36.9 Å². The van der Waals surface area contributed by atoms with Crippen LogP contribution in [0.2, 0.25) is 0 Å². The highest BCUT2D eigenvalue weighted by Gasteiger charge is 2.41. The van der Waals surface area contributed by atoms with E-state index < -0.39 is 11.7 Å². The number of rotatable bonds is 6. The lowest BCUT2D eigenvalue weighted by Gasteiger charge is -2.28. The number of aromatic nitrogens is 1. The summed E-state index contributed by atoms with van der Waals surface area (Å²) < 4.78 is 47.3. The third-order valence-corrected chi connectivity index (χ3v) is 5.55. The lowest BCUT2D eigenvalue weighted by molar-refractivity contribution is -0.137. The van der Waals surface area contributed by atoms with Crippen LogP contribution in [-0.2, 0) is 19.0 Å². The maximum Gasteiger partial charge on any atom is 0.422 e. The number of aldehydes is 1. The Kier molecular flexibility index (Phi) is 5.69. The van der Waals surface area contributed by atoms with Crippen molar-refractivity contribution in [3.63, 3.8) is 0 Å². The van der Waals surface area contributed by atoms with Crippen molar-refractivity contribution in [1.29, 1.82) is 0 Å². The van der Waals surface area contributed by atoms with Gasteiger partial charge >= 0.3 is 6.18 Å². The number of halogens is 3. The van der Waals surface area contributed by atoms with Gasteiger partial charge in [0.25, 0.3) is 0 Å². The fraction of sp³-hybridized carbons (Fsp3) is 0.208. The molecular weight excluding hydrogens is 419 g/mol. The number of fused-ring (bicyclic) bond motifs is 1. The van der Waals surface area contributed by atoms with E-state index in [9.17, 15) is 18.0 Å². The SMILES string of the molecule is C=NN(C)C1=C(Cc2noc(-c3ccccc3)c2C(F)(F)F)CCc2cc(C=O)ccc21. The third kappa shape index (κ3) is 3.95. The first-order chi connectivity index (χ1) is 15.3. The van der Waals surface area contributed by atoms with Gasteiger partial charge in [0.15, 0.2) is 5.76 Å². The van der Waals surface area contributed by atoms with Gasteiger partial charge in [-0.2, -0.15) is 18.3 Å². The number of benzene rings is 2. The van der Waals surface area contributed by atoms with E-state index >= 15 is 0 Å². The number of hydrazone groups is 1. The van der Waals surface area contributed by atoms with Gasteiger partial charge in [0.2, 0.25) is 0 Å². The highest BCUT2D eigenvalue weighted by molar-refractivity contribution is 5.79. The molecule has 0 unspecified atom stereocenters. The molecule has 8 heteroatoms. The first-order valence-corrected chi connectivity index (χ1v) is 9.95. The second kappa shape index (κ2) is 8.45. The van der Waals surface area contributed by atoms with Crippen molar-refractivity contribution in [1.82, 2.24) is 10.2 Å². The van der Waals surface area contributed by atoms with Gasteiger partial charge in [-0.25, -0.2) is 0 Å². The molecule has 0 N–H and O–H groups in total. The van der Waals surface area contributed by atoms with Crippen LogP contribution in [0.3, 0.4) is 0 Å². The average molecular weight is 439 g/mol. The minimum Gasteiger partial charge on any atom is -0.355 e. The Morgan fingerprint density at radius 3 is 2.59 bits per heavy atom. The highest BCUT2D eigenvalue weighted by atomic mass is 19.4. The lowest BCUT2D eigenvalue weighted by atomic mass is 9.85. The Morgan fingerprint density at radius 2 is 1.94 bits per heavy atom. The van der Waals surface area contributed by atoms with Crippen LogP contribution in [0.1, 0.15) is 39.2 Å². The standard InChI is InChI=1S/C24H20F3N3O2/c1-28-30(2)22-18(10-9-17-12-15(14-31)8-11-19(17)22)13-20-21(24(25,26)27)23(32-29-20)16-6-4-3-5-7-16/h3-8,11-12,14H,1,9-10,13H2,2H3. The van der Waals surface area contributed by atoms with Crippen LogP contribution >= 0.6 is 0 Å².